The van der Waals surface area contributed by atoms with E-state index < -0.39 is 23.7 Å². The van der Waals surface area contributed by atoms with Gasteiger partial charge in [-0.3, -0.25) is 34.2 Å². The Hall–Kier alpha value is -2.70. The molecule has 2 N–H and O–H groups in total. The SMILES string of the molecule is O=C(O)CN1CCN2CCN(CC(=O)O)CCN(CC1)Cc1cccc(n1)-c1cnnn1Cc1cc(C(F)(F)F)cc(n1)C2.[Tb+4]. The number of alkyl halides is 3. The molecule has 1 radical (unpaired) electrons. The van der Waals surface area contributed by atoms with Crippen molar-refractivity contribution in [2.75, 3.05) is 65.4 Å². The number of aliphatic carboxylic acids is 2. The molecular weight excluding hydrogens is 742 g/mol. The van der Waals surface area contributed by atoms with Gasteiger partial charge in [0.1, 0.15) is 5.69 Å². The summed E-state index contributed by atoms with van der Waals surface area (Å²) in [5.74, 6) is -1.96. The number of halogens is 3. The van der Waals surface area contributed by atoms with Gasteiger partial charge in [0, 0.05) is 65.4 Å². The number of carboxylic acid groups (broad SMARTS) is 2. The third kappa shape index (κ3) is 10.1. The molecule has 0 saturated carbocycles. The summed E-state index contributed by atoms with van der Waals surface area (Å²) in [5.41, 5.74) is 1.25. The predicted octanol–water partition coefficient (Wildman–Crippen LogP) is 1.21. The van der Waals surface area contributed by atoms with Crippen LogP contribution in [0.1, 0.15) is 22.6 Å². The zero-order valence-electron chi connectivity index (χ0n) is 24.4. The number of rotatable bonds is 4. The summed E-state index contributed by atoms with van der Waals surface area (Å²) < 4.78 is 43.6. The Morgan fingerprint density at radius 2 is 1.29 bits per heavy atom. The van der Waals surface area contributed by atoms with Crippen molar-refractivity contribution in [3.05, 3.63) is 59.2 Å². The molecular formula is C28H34F3N9O4Tb+4. The third-order valence-electron chi connectivity index (χ3n) is 7.68. The second-order valence-electron chi connectivity index (χ2n) is 11.0. The average molecular weight is 777 g/mol. The van der Waals surface area contributed by atoms with Crippen molar-refractivity contribution in [3.8, 4) is 11.4 Å². The summed E-state index contributed by atoms with van der Waals surface area (Å²) in [6.07, 6.45) is -3.11. The van der Waals surface area contributed by atoms with E-state index in [1.165, 1.54) is 10.9 Å². The molecule has 0 atom stereocenters. The summed E-state index contributed by atoms with van der Waals surface area (Å²) in [7, 11) is 0. The second-order valence-corrected chi connectivity index (χ2v) is 11.0. The van der Waals surface area contributed by atoms with Gasteiger partial charge in [0.2, 0.25) is 0 Å². The minimum atomic E-state index is -4.62. The van der Waals surface area contributed by atoms with E-state index in [9.17, 15) is 33.0 Å². The van der Waals surface area contributed by atoms with Gasteiger partial charge >= 0.3 is 56.7 Å². The van der Waals surface area contributed by atoms with Crippen LogP contribution in [0.5, 0.6) is 0 Å². The molecule has 6 heterocycles. The number of fused-ring (bicyclic) bond motifs is 8. The molecule has 1 fully saturated rings. The molecule has 0 unspecified atom stereocenters. The topological polar surface area (TPSA) is 144 Å². The molecule has 3 aromatic rings. The quantitative estimate of drug-likeness (QED) is 0.394. The van der Waals surface area contributed by atoms with Crippen molar-refractivity contribution < 1.29 is 71.6 Å². The molecule has 13 nitrogen and oxygen atoms in total. The molecule has 45 heavy (non-hydrogen) atoms. The maximum Gasteiger partial charge on any atom is 4.00 e. The van der Waals surface area contributed by atoms with E-state index in [4.69, 9.17) is 4.98 Å². The van der Waals surface area contributed by atoms with Crippen molar-refractivity contribution in [2.24, 2.45) is 0 Å². The minimum Gasteiger partial charge on any atom is -0.480 e. The smallest absolute Gasteiger partial charge is 0.480 e. The van der Waals surface area contributed by atoms with E-state index >= 15 is 0 Å². The molecule has 0 amide bonds. The molecule has 3 aliphatic rings. The first-order valence-electron chi connectivity index (χ1n) is 14.3. The fourth-order valence-electron chi connectivity index (χ4n) is 5.46. The standard InChI is InChI=1S/C28H34F3N9O4.Tb/c29-28(30,31)20-12-22-16-37-6-10-38(18-26(41)42)8-4-36(5-9-39(11-7-37)19-27(43)44)15-21-2-1-3-24(34-21)25-14-32-35-40(25)17-23(13-20)33-22;/h1-3,12-14H,4-11,15-19H2,(H,41,42)(H,43,44);/q;+4. The first-order chi connectivity index (χ1) is 21.0. The van der Waals surface area contributed by atoms with Crippen LogP contribution in [-0.2, 0) is 35.4 Å². The van der Waals surface area contributed by atoms with Crippen molar-refractivity contribution in [1.82, 2.24) is 44.6 Å². The van der Waals surface area contributed by atoms with Gasteiger partial charge in [-0.1, -0.05) is 11.3 Å². The molecule has 6 rings (SSSR count). The van der Waals surface area contributed by atoms with Crippen molar-refractivity contribution in [3.63, 3.8) is 0 Å². The summed E-state index contributed by atoms with van der Waals surface area (Å²) >= 11 is 0. The molecule has 1 saturated heterocycles. The fraction of sp³-hybridized carbons (Fsp3) is 0.500. The predicted molar refractivity (Wildman–Crippen MR) is 150 cm³/mol. The van der Waals surface area contributed by atoms with Crippen LogP contribution in [0.25, 0.3) is 11.4 Å². The largest absolute Gasteiger partial charge is 4.00 e. The van der Waals surface area contributed by atoms with E-state index in [2.05, 4.69) is 20.2 Å². The van der Waals surface area contributed by atoms with E-state index in [0.717, 1.165) is 12.1 Å². The number of pyridine rings is 2. The van der Waals surface area contributed by atoms with E-state index in [-0.39, 0.29) is 76.2 Å². The van der Waals surface area contributed by atoms with Gasteiger partial charge in [0.15, 0.2) is 0 Å². The molecule has 3 aromatic heterocycles. The zero-order valence-corrected chi connectivity index (χ0v) is 26.5. The van der Waals surface area contributed by atoms with Crippen LogP contribution in [0, 0.1) is 38.6 Å². The van der Waals surface area contributed by atoms with Crippen LogP contribution in [0.3, 0.4) is 0 Å². The zero-order chi connectivity index (χ0) is 31.3. The Bertz CT molecular complexity index is 1440. The van der Waals surface area contributed by atoms with Crippen molar-refractivity contribution in [2.45, 2.75) is 25.8 Å². The van der Waals surface area contributed by atoms with Gasteiger partial charge in [-0.2, -0.15) is 13.2 Å². The molecule has 17 heteroatoms. The van der Waals surface area contributed by atoms with Gasteiger partial charge in [-0.05, 0) is 24.3 Å². The first kappa shape index (κ1) is 35.2. The monoisotopic (exact) mass is 776 g/mol. The van der Waals surface area contributed by atoms with E-state index in [0.29, 0.717) is 76.0 Å². The van der Waals surface area contributed by atoms with E-state index in [1.54, 1.807) is 15.9 Å². The Morgan fingerprint density at radius 1 is 0.756 bits per heavy atom. The fourth-order valence-corrected chi connectivity index (χ4v) is 5.46. The molecule has 0 aliphatic carbocycles. The normalized spacial score (nSPS) is 20.4. The Balaban J connectivity index is 0.00000461. The summed E-state index contributed by atoms with van der Waals surface area (Å²) in [6.45, 7) is 3.24. The van der Waals surface area contributed by atoms with Gasteiger partial charge < -0.3 is 10.2 Å². The number of hydrogen-bond acceptors (Lipinski definition) is 10. The van der Waals surface area contributed by atoms with Gasteiger partial charge in [0.05, 0.1) is 54.2 Å². The Morgan fingerprint density at radius 3 is 1.82 bits per heavy atom. The van der Waals surface area contributed by atoms with Gasteiger partial charge in [-0.25, -0.2) is 9.67 Å². The number of carboxylic acids is 2. The van der Waals surface area contributed by atoms with E-state index in [1.807, 2.05) is 17.0 Å². The van der Waals surface area contributed by atoms with Crippen molar-refractivity contribution in [1.29, 1.82) is 0 Å². The first-order valence-corrected chi connectivity index (χ1v) is 14.3. The Kier molecular flexibility index (Phi) is 12.3. The van der Waals surface area contributed by atoms with Crippen LogP contribution < -0.4 is 0 Å². The number of aromatic nitrogens is 5. The van der Waals surface area contributed by atoms with Gasteiger partial charge in [0.25, 0.3) is 0 Å². The maximum atomic E-state index is 14.0. The molecule has 3 aliphatic heterocycles. The van der Waals surface area contributed by atoms with Crippen LogP contribution in [0.2, 0.25) is 0 Å². The minimum absolute atomic E-state index is 0. The summed E-state index contributed by atoms with van der Waals surface area (Å²) in [5, 5.41) is 27.2. The summed E-state index contributed by atoms with van der Waals surface area (Å²) in [4.78, 5) is 40.4. The molecule has 241 valence electrons. The maximum absolute atomic E-state index is 14.0. The molecule has 6 bridgehead atoms. The molecule has 0 aromatic carbocycles. The van der Waals surface area contributed by atoms with Crippen molar-refractivity contribution >= 4 is 11.9 Å². The van der Waals surface area contributed by atoms with Gasteiger partial charge in [-0.15, -0.1) is 5.10 Å². The number of carbonyl (C=O) groups is 2. The average Bonchev–Trinajstić information content (AvgIpc) is 3.41. The van der Waals surface area contributed by atoms with Crippen LogP contribution in [0.4, 0.5) is 13.2 Å². The van der Waals surface area contributed by atoms with Crippen LogP contribution >= 0.6 is 0 Å². The molecule has 0 spiro atoms. The second kappa shape index (κ2) is 15.7. The summed E-state index contributed by atoms with van der Waals surface area (Å²) in [6, 6.07) is 7.47. The number of nitrogens with zero attached hydrogens (tertiary/aromatic N) is 9. The van der Waals surface area contributed by atoms with Crippen LogP contribution in [-0.4, -0.2) is 132 Å². The number of hydrogen-bond donors (Lipinski definition) is 2. The van der Waals surface area contributed by atoms with Crippen LogP contribution in [0.15, 0.2) is 36.5 Å². The third-order valence-corrected chi connectivity index (χ3v) is 7.68. The Labute approximate surface area is 288 Å².